The van der Waals surface area contributed by atoms with Gasteiger partial charge in [0.05, 0.1) is 0 Å². The zero-order valence-corrected chi connectivity index (χ0v) is 14.1. The van der Waals surface area contributed by atoms with Crippen LogP contribution in [0.4, 0.5) is 4.79 Å². The van der Waals surface area contributed by atoms with E-state index in [4.69, 9.17) is 9.84 Å². The Morgan fingerprint density at radius 3 is 2.70 bits per heavy atom. The maximum Gasteiger partial charge on any atom is 0.315 e. The van der Waals surface area contributed by atoms with Gasteiger partial charge in [0, 0.05) is 37.8 Å². The Kier molecular flexibility index (Phi) is 6.42. The van der Waals surface area contributed by atoms with E-state index >= 15 is 0 Å². The van der Waals surface area contributed by atoms with Crippen molar-refractivity contribution in [3.63, 3.8) is 0 Å². The molecule has 0 radical (unpaired) electrons. The molecule has 0 aromatic heterocycles. The van der Waals surface area contributed by atoms with Crippen molar-refractivity contribution in [1.29, 1.82) is 0 Å². The highest BCUT2D eigenvalue weighted by atomic mass is 16.5. The molecule has 128 valence electrons. The summed E-state index contributed by atoms with van der Waals surface area (Å²) in [6.45, 7) is 6.12. The van der Waals surface area contributed by atoms with Crippen molar-refractivity contribution in [1.82, 2.24) is 10.6 Å². The standard InChI is InChI=1S/C18H28N2O3/c1-14-5-3-4-6-16(14)18(8-11-23-12-9-18)13-19-17(22)20-15(2)7-10-21/h3-6,15,21H,7-13H2,1-2H3,(H2,19,20,22)/t15-/m1/s1. The predicted molar refractivity (Wildman–Crippen MR) is 90.6 cm³/mol. The van der Waals surface area contributed by atoms with Crippen LogP contribution in [0.2, 0.25) is 0 Å². The molecule has 5 heteroatoms. The number of ether oxygens (including phenoxy) is 1. The van der Waals surface area contributed by atoms with Crippen molar-refractivity contribution < 1.29 is 14.6 Å². The van der Waals surface area contributed by atoms with E-state index in [1.807, 2.05) is 13.0 Å². The molecule has 1 saturated heterocycles. The number of urea groups is 1. The molecule has 0 unspecified atom stereocenters. The molecule has 1 aliphatic rings. The van der Waals surface area contributed by atoms with Gasteiger partial charge in [-0.25, -0.2) is 4.79 Å². The second kappa shape index (κ2) is 8.31. The first kappa shape index (κ1) is 17.8. The molecule has 3 N–H and O–H groups in total. The van der Waals surface area contributed by atoms with Crippen LogP contribution in [0.15, 0.2) is 24.3 Å². The lowest BCUT2D eigenvalue weighted by Crippen LogP contribution is -2.49. The molecule has 23 heavy (non-hydrogen) atoms. The molecule has 1 aromatic rings. The predicted octanol–water partition coefficient (Wildman–Crippen LogP) is 2.11. The van der Waals surface area contributed by atoms with Crippen molar-refractivity contribution in [2.45, 2.75) is 44.6 Å². The molecule has 2 amide bonds. The third kappa shape index (κ3) is 4.69. The maximum atomic E-state index is 12.1. The van der Waals surface area contributed by atoms with Crippen LogP contribution in [0.5, 0.6) is 0 Å². The molecule has 0 spiro atoms. The first-order chi connectivity index (χ1) is 11.1. The summed E-state index contributed by atoms with van der Waals surface area (Å²) in [4.78, 5) is 12.1. The lowest BCUT2D eigenvalue weighted by atomic mass is 9.72. The van der Waals surface area contributed by atoms with E-state index in [9.17, 15) is 4.79 Å². The first-order valence-electron chi connectivity index (χ1n) is 8.36. The summed E-state index contributed by atoms with van der Waals surface area (Å²) >= 11 is 0. The molecule has 5 nitrogen and oxygen atoms in total. The highest BCUT2D eigenvalue weighted by Crippen LogP contribution is 2.36. The van der Waals surface area contributed by atoms with Gasteiger partial charge in [0.15, 0.2) is 0 Å². The number of aryl methyl sites for hydroxylation is 1. The third-order valence-electron chi connectivity index (χ3n) is 4.69. The zero-order valence-electron chi connectivity index (χ0n) is 14.1. The average Bonchev–Trinajstić information content (AvgIpc) is 2.54. The van der Waals surface area contributed by atoms with E-state index in [0.717, 1.165) is 26.1 Å². The van der Waals surface area contributed by atoms with E-state index in [2.05, 4.69) is 35.8 Å². The summed E-state index contributed by atoms with van der Waals surface area (Å²) in [5.41, 5.74) is 2.48. The van der Waals surface area contributed by atoms with E-state index in [0.29, 0.717) is 13.0 Å². The van der Waals surface area contributed by atoms with Crippen molar-refractivity contribution in [2.24, 2.45) is 0 Å². The maximum absolute atomic E-state index is 12.1. The fourth-order valence-corrected chi connectivity index (χ4v) is 3.26. The smallest absolute Gasteiger partial charge is 0.315 e. The number of carbonyl (C=O) groups is 1. The number of carbonyl (C=O) groups excluding carboxylic acids is 1. The van der Waals surface area contributed by atoms with Gasteiger partial charge in [-0.1, -0.05) is 24.3 Å². The Bertz CT molecular complexity index is 513. The lowest BCUT2D eigenvalue weighted by Gasteiger charge is -2.39. The highest BCUT2D eigenvalue weighted by Gasteiger charge is 2.35. The Balaban J connectivity index is 2.05. The number of benzene rings is 1. The van der Waals surface area contributed by atoms with Crippen LogP contribution in [0.1, 0.15) is 37.3 Å². The van der Waals surface area contributed by atoms with E-state index in [1.54, 1.807) is 0 Å². The quantitative estimate of drug-likeness (QED) is 0.752. The topological polar surface area (TPSA) is 70.6 Å². The number of aliphatic hydroxyl groups is 1. The van der Waals surface area contributed by atoms with Crippen LogP contribution in [0, 0.1) is 6.92 Å². The number of hydrogen-bond acceptors (Lipinski definition) is 3. The Labute approximate surface area is 138 Å². The molecule has 1 aliphatic heterocycles. The van der Waals surface area contributed by atoms with Gasteiger partial charge in [0.25, 0.3) is 0 Å². The van der Waals surface area contributed by atoms with Crippen LogP contribution in [0.25, 0.3) is 0 Å². The van der Waals surface area contributed by atoms with Gasteiger partial charge in [-0.15, -0.1) is 0 Å². The Morgan fingerprint density at radius 1 is 1.35 bits per heavy atom. The second-order valence-electron chi connectivity index (χ2n) is 6.45. The minimum Gasteiger partial charge on any atom is -0.396 e. The highest BCUT2D eigenvalue weighted by molar-refractivity contribution is 5.74. The first-order valence-corrected chi connectivity index (χ1v) is 8.36. The van der Waals surface area contributed by atoms with Crippen molar-refractivity contribution in [3.05, 3.63) is 35.4 Å². The largest absolute Gasteiger partial charge is 0.396 e. The summed E-state index contributed by atoms with van der Waals surface area (Å²) in [5.74, 6) is 0. The molecule has 1 heterocycles. The number of rotatable bonds is 6. The fraction of sp³-hybridized carbons (Fsp3) is 0.611. The van der Waals surface area contributed by atoms with Crippen LogP contribution in [-0.2, 0) is 10.2 Å². The molecule has 2 rings (SSSR count). The number of aliphatic hydroxyl groups excluding tert-OH is 1. The minimum atomic E-state index is -0.176. The van der Waals surface area contributed by atoms with Crippen molar-refractivity contribution in [3.8, 4) is 0 Å². The molecule has 0 bridgehead atoms. The summed E-state index contributed by atoms with van der Waals surface area (Å²) in [7, 11) is 0. The molecule has 1 aromatic carbocycles. The van der Waals surface area contributed by atoms with E-state index in [-0.39, 0.29) is 24.1 Å². The molecule has 0 aliphatic carbocycles. The molecular formula is C18H28N2O3. The molecule has 0 saturated carbocycles. The van der Waals surface area contributed by atoms with Crippen LogP contribution < -0.4 is 10.6 Å². The van der Waals surface area contributed by atoms with Crippen molar-refractivity contribution in [2.75, 3.05) is 26.4 Å². The monoisotopic (exact) mass is 320 g/mol. The summed E-state index contributed by atoms with van der Waals surface area (Å²) in [5, 5.41) is 14.8. The SMILES string of the molecule is Cc1ccccc1C1(CNC(=O)N[C@H](C)CCO)CCOCC1. The second-order valence-corrected chi connectivity index (χ2v) is 6.45. The van der Waals surface area contributed by atoms with Gasteiger partial charge in [-0.2, -0.15) is 0 Å². The normalized spacial score (nSPS) is 18.2. The van der Waals surface area contributed by atoms with Crippen molar-refractivity contribution >= 4 is 6.03 Å². The van der Waals surface area contributed by atoms with E-state index < -0.39 is 0 Å². The van der Waals surface area contributed by atoms with Gasteiger partial charge in [-0.3, -0.25) is 0 Å². The van der Waals surface area contributed by atoms with Gasteiger partial charge < -0.3 is 20.5 Å². The number of nitrogens with one attached hydrogen (secondary N) is 2. The minimum absolute atomic E-state index is 0.0379. The zero-order chi connectivity index (χ0) is 16.7. The fourth-order valence-electron chi connectivity index (χ4n) is 3.26. The molecular weight excluding hydrogens is 292 g/mol. The van der Waals surface area contributed by atoms with Crippen LogP contribution in [0.3, 0.4) is 0 Å². The molecule has 1 atom stereocenters. The Hall–Kier alpha value is -1.59. The lowest BCUT2D eigenvalue weighted by molar-refractivity contribution is 0.0504. The van der Waals surface area contributed by atoms with Crippen LogP contribution in [-0.4, -0.2) is 43.5 Å². The summed E-state index contributed by atoms with van der Waals surface area (Å²) < 4.78 is 5.53. The average molecular weight is 320 g/mol. The van der Waals surface area contributed by atoms with Gasteiger partial charge >= 0.3 is 6.03 Å². The van der Waals surface area contributed by atoms with Crippen LogP contribution >= 0.6 is 0 Å². The van der Waals surface area contributed by atoms with E-state index in [1.165, 1.54) is 11.1 Å². The van der Waals surface area contributed by atoms with Gasteiger partial charge in [0.2, 0.25) is 0 Å². The number of hydrogen-bond donors (Lipinski definition) is 3. The molecule has 1 fully saturated rings. The summed E-state index contributed by atoms with van der Waals surface area (Å²) in [6.07, 6.45) is 2.37. The Morgan fingerprint density at radius 2 is 2.04 bits per heavy atom. The van der Waals surface area contributed by atoms with Gasteiger partial charge in [-0.05, 0) is 44.2 Å². The van der Waals surface area contributed by atoms with Gasteiger partial charge in [0.1, 0.15) is 0 Å². The summed E-state index contributed by atoms with van der Waals surface area (Å²) in [6, 6.07) is 8.17. The number of amides is 2. The third-order valence-corrected chi connectivity index (χ3v) is 4.69.